The summed E-state index contributed by atoms with van der Waals surface area (Å²) in [6.07, 6.45) is 2.17. The Morgan fingerprint density at radius 2 is 2.00 bits per heavy atom. The highest BCUT2D eigenvalue weighted by atomic mass is 19.3. The molecule has 7 nitrogen and oxygen atoms in total. The summed E-state index contributed by atoms with van der Waals surface area (Å²) >= 11 is 0. The van der Waals surface area contributed by atoms with E-state index in [1.54, 1.807) is 19.2 Å². The number of methoxy groups -OCH3 is 1. The van der Waals surface area contributed by atoms with Crippen LogP contribution in [0.1, 0.15) is 47.4 Å². The van der Waals surface area contributed by atoms with Crippen LogP contribution in [0.25, 0.3) is 5.95 Å². The molecule has 0 aromatic carbocycles. The van der Waals surface area contributed by atoms with E-state index in [1.165, 1.54) is 11.8 Å². The maximum Gasteiger partial charge on any atom is 0.358 e. The van der Waals surface area contributed by atoms with E-state index in [0.29, 0.717) is 35.9 Å². The Labute approximate surface area is 149 Å². The van der Waals surface area contributed by atoms with E-state index in [1.807, 2.05) is 6.92 Å². The number of alkyl halides is 2. The van der Waals surface area contributed by atoms with Gasteiger partial charge in [-0.05, 0) is 26.7 Å². The van der Waals surface area contributed by atoms with Gasteiger partial charge < -0.3 is 10.1 Å². The van der Waals surface area contributed by atoms with Gasteiger partial charge in [0.25, 0.3) is 5.95 Å². The lowest BCUT2D eigenvalue weighted by atomic mass is 9.92. The molecule has 0 spiro atoms. The van der Waals surface area contributed by atoms with Crippen LogP contribution in [0.5, 0.6) is 0 Å². The Bertz CT molecular complexity index is 811. The molecule has 0 radical (unpaired) electrons. The van der Waals surface area contributed by atoms with Crippen molar-refractivity contribution in [2.24, 2.45) is 0 Å². The first-order valence-corrected chi connectivity index (χ1v) is 8.42. The molecule has 1 aliphatic rings. The molecule has 0 aliphatic heterocycles. The minimum absolute atomic E-state index is 0.0539. The molecule has 0 amide bonds. The molecule has 9 heteroatoms. The van der Waals surface area contributed by atoms with Crippen molar-refractivity contribution >= 4 is 11.8 Å². The highest BCUT2D eigenvalue weighted by molar-refractivity contribution is 5.88. The van der Waals surface area contributed by atoms with Gasteiger partial charge in [0.05, 0.1) is 7.11 Å². The fourth-order valence-corrected chi connectivity index (χ4v) is 2.98. The molecular formula is C17H21F2N5O2. The van der Waals surface area contributed by atoms with Crippen LogP contribution >= 0.6 is 0 Å². The minimum Gasteiger partial charge on any atom is -0.464 e. The van der Waals surface area contributed by atoms with E-state index < -0.39 is 11.9 Å². The van der Waals surface area contributed by atoms with Crippen molar-refractivity contribution in [3.8, 4) is 5.95 Å². The molecule has 26 heavy (non-hydrogen) atoms. The maximum absolute atomic E-state index is 13.3. The summed E-state index contributed by atoms with van der Waals surface area (Å²) in [5, 5.41) is 7.40. The molecule has 1 saturated carbocycles. The standard InChI is InChI=1S/C17H21F2N5O2/c1-10-9-24(23-14(10)15(25)26-3)16-20-11(2)8-13(22-16)21-12-4-6-17(18,19)7-5-12/h8-9,12H,4-7H2,1-3H3,(H,20,21,22). The van der Waals surface area contributed by atoms with E-state index in [2.05, 4.69) is 20.4 Å². The van der Waals surface area contributed by atoms with Gasteiger partial charge >= 0.3 is 5.97 Å². The molecule has 2 heterocycles. The number of hydrogen-bond donors (Lipinski definition) is 1. The van der Waals surface area contributed by atoms with Crippen LogP contribution in [-0.2, 0) is 4.74 Å². The van der Waals surface area contributed by atoms with Crippen molar-refractivity contribution in [3.63, 3.8) is 0 Å². The van der Waals surface area contributed by atoms with Crippen LogP contribution in [0.2, 0.25) is 0 Å². The van der Waals surface area contributed by atoms with Crippen LogP contribution in [-0.4, -0.2) is 44.8 Å². The first-order valence-electron chi connectivity index (χ1n) is 8.42. The third kappa shape index (κ3) is 3.97. The Hall–Kier alpha value is -2.58. The number of rotatable bonds is 4. The number of aromatic nitrogens is 4. The Kier molecular flexibility index (Phi) is 4.88. The van der Waals surface area contributed by atoms with Crippen LogP contribution in [0.3, 0.4) is 0 Å². The summed E-state index contributed by atoms with van der Waals surface area (Å²) in [6.45, 7) is 3.55. The lowest BCUT2D eigenvalue weighted by Gasteiger charge is -2.29. The van der Waals surface area contributed by atoms with Gasteiger partial charge in [-0.3, -0.25) is 0 Å². The first kappa shape index (κ1) is 18.2. The minimum atomic E-state index is -2.57. The molecule has 2 aromatic rings. The largest absolute Gasteiger partial charge is 0.464 e. The average Bonchev–Trinajstić information content (AvgIpc) is 2.97. The highest BCUT2D eigenvalue weighted by Gasteiger charge is 2.35. The van der Waals surface area contributed by atoms with Gasteiger partial charge in [-0.1, -0.05) is 0 Å². The Balaban J connectivity index is 1.81. The number of nitrogens with one attached hydrogen (secondary N) is 1. The van der Waals surface area contributed by atoms with Crippen molar-refractivity contribution in [2.75, 3.05) is 12.4 Å². The molecule has 0 atom stereocenters. The number of anilines is 1. The van der Waals surface area contributed by atoms with Gasteiger partial charge in [-0.25, -0.2) is 23.2 Å². The topological polar surface area (TPSA) is 81.9 Å². The van der Waals surface area contributed by atoms with Gasteiger partial charge in [0, 0.05) is 42.4 Å². The maximum atomic E-state index is 13.3. The lowest BCUT2D eigenvalue weighted by Crippen LogP contribution is -2.32. The third-order valence-electron chi connectivity index (χ3n) is 4.39. The van der Waals surface area contributed by atoms with Gasteiger partial charge in [0.15, 0.2) is 5.69 Å². The smallest absolute Gasteiger partial charge is 0.358 e. The fourth-order valence-electron chi connectivity index (χ4n) is 2.98. The zero-order chi connectivity index (χ0) is 18.9. The van der Waals surface area contributed by atoms with Crippen molar-refractivity contribution in [1.82, 2.24) is 19.7 Å². The molecule has 0 saturated heterocycles. The molecule has 1 aliphatic carbocycles. The van der Waals surface area contributed by atoms with E-state index >= 15 is 0 Å². The number of carbonyl (C=O) groups excluding carboxylic acids is 1. The van der Waals surface area contributed by atoms with Crippen molar-refractivity contribution in [3.05, 3.63) is 29.2 Å². The van der Waals surface area contributed by atoms with Gasteiger partial charge in [0.2, 0.25) is 5.92 Å². The number of esters is 1. The number of ether oxygens (including phenoxy) is 1. The second-order valence-electron chi connectivity index (χ2n) is 6.57. The predicted octanol–water partition coefficient (Wildman–Crippen LogP) is 3.06. The molecule has 2 aromatic heterocycles. The molecule has 0 bridgehead atoms. The quantitative estimate of drug-likeness (QED) is 0.839. The Morgan fingerprint density at radius 3 is 2.65 bits per heavy atom. The number of carbonyl (C=O) groups is 1. The summed E-state index contributed by atoms with van der Waals surface area (Å²) < 4.78 is 32.7. The van der Waals surface area contributed by atoms with Crippen LogP contribution in [0, 0.1) is 13.8 Å². The first-order chi connectivity index (χ1) is 12.3. The monoisotopic (exact) mass is 365 g/mol. The van der Waals surface area contributed by atoms with Crippen molar-refractivity contribution in [1.29, 1.82) is 0 Å². The highest BCUT2D eigenvalue weighted by Crippen LogP contribution is 2.34. The van der Waals surface area contributed by atoms with Crippen molar-refractivity contribution < 1.29 is 18.3 Å². The molecule has 1 N–H and O–H groups in total. The predicted molar refractivity (Wildman–Crippen MR) is 90.8 cm³/mol. The summed E-state index contributed by atoms with van der Waals surface area (Å²) in [7, 11) is 1.29. The summed E-state index contributed by atoms with van der Waals surface area (Å²) in [5.74, 6) is -2.25. The zero-order valence-electron chi connectivity index (χ0n) is 14.9. The third-order valence-corrected chi connectivity index (χ3v) is 4.39. The average molecular weight is 365 g/mol. The molecular weight excluding hydrogens is 344 g/mol. The summed E-state index contributed by atoms with van der Waals surface area (Å²) in [5.41, 5.74) is 1.54. The van der Waals surface area contributed by atoms with Crippen LogP contribution in [0.15, 0.2) is 12.3 Å². The number of hydrogen-bond acceptors (Lipinski definition) is 6. The van der Waals surface area contributed by atoms with Gasteiger partial charge in [0.1, 0.15) is 5.82 Å². The molecule has 1 fully saturated rings. The molecule has 0 unspecified atom stereocenters. The lowest BCUT2D eigenvalue weighted by molar-refractivity contribution is -0.0361. The second-order valence-corrected chi connectivity index (χ2v) is 6.57. The van der Waals surface area contributed by atoms with E-state index in [4.69, 9.17) is 4.74 Å². The normalized spacial score (nSPS) is 17.1. The SMILES string of the molecule is COC(=O)c1nn(-c2nc(C)cc(NC3CCC(F)(F)CC3)n2)cc1C. The van der Waals surface area contributed by atoms with E-state index in [0.717, 1.165) is 0 Å². The number of halogens is 2. The van der Waals surface area contributed by atoms with E-state index in [9.17, 15) is 13.6 Å². The van der Waals surface area contributed by atoms with Gasteiger partial charge in [-0.15, -0.1) is 0 Å². The molecule has 3 rings (SSSR count). The zero-order valence-corrected chi connectivity index (χ0v) is 14.9. The molecule has 140 valence electrons. The Morgan fingerprint density at radius 1 is 1.31 bits per heavy atom. The van der Waals surface area contributed by atoms with Crippen LogP contribution < -0.4 is 5.32 Å². The summed E-state index contributed by atoms with van der Waals surface area (Å²) in [4.78, 5) is 20.5. The number of nitrogens with zero attached hydrogens (tertiary/aromatic N) is 4. The van der Waals surface area contributed by atoms with E-state index in [-0.39, 0.29) is 24.6 Å². The van der Waals surface area contributed by atoms with Gasteiger partial charge in [-0.2, -0.15) is 10.1 Å². The fraction of sp³-hybridized carbons (Fsp3) is 0.529. The number of aryl methyl sites for hydroxylation is 2. The van der Waals surface area contributed by atoms with Crippen molar-refractivity contribution in [2.45, 2.75) is 51.5 Å². The second kappa shape index (κ2) is 6.97. The summed E-state index contributed by atoms with van der Waals surface area (Å²) in [6, 6.07) is 1.70. The van der Waals surface area contributed by atoms with Crippen LogP contribution in [0.4, 0.5) is 14.6 Å².